The molecule has 0 spiro atoms. The van der Waals surface area contributed by atoms with Crippen molar-refractivity contribution in [2.45, 2.75) is 116 Å². The van der Waals surface area contributed by atoms with Crippen LogP contribution < -0.4 is 10.1 Å². The monoisotopic (exact) mass is 516 g/mol. The standard InChI is InChI=1S/C31H49ClN2O2/c1-3-5-6-7-8-9-10-11-12-13-14-15-16-19-24-36-30-22-21-27(25-28(30)32)26-33-31(35)29-20-17-18-23-34(29)4-2/h17-18,20-23,25,29H,3-16,19,24,26H2,1-2H3,(H,33,35). The fourth-order valence-corrected chi connectivity index (χ4v) is 4.87. The Balaban J connectivity index is 1.50. The van der Waals surface area contributed by atoms with E-state index in [2.05, 4.69) is 12.2 Å². The minimum atomic E-state index is -0.261. The molecule has 5 heteroatoms. The molecule has 1 heterocycles. The fourth-order valence-electron chi connectivity index (χ4n) is 4.62. The molecule has 0 radical (unpaired) electrons. The van der Waals surface area contributed by atoms with Crippen molar-refractivity contribution in [2.75, 3.05) is 13.2 Å². The van der Waals surface area contributed by atoms with Crippen LogP contribution in [0.1, 0.15) is 109 Å². The number of benzene rings is 1. The summed E-state index contributed by atoms with van der Waals surface area (Å²) in [7, 11) is 0. The van der Waals surface area contributed by atoms with Crippen LogP contribution in [0, 0.1) is 0 Å². The highest BCUT2D eigenvalue weighted by atomic mass is 35.5. The molecule has 0 aliphatic carbocycles. The van der Waals surface area contributed by atoms with Crippen molar-refractivity contribution in [2.24, 2.45) is 0 Å². The van der Waals surface area contributed by atoms with Crippen LogP contribution in [0.15, 0.2) is 42.6 Å². The van der Waals surface area contributed by atoms with E-state index < -0.39 is 0 Å². The Labute approximate surface area is 225 Å². The molecule has 2 rings (SSSR count). The van der Waals surface area contributed by atoms with Gasteiger partial charge in [0.15, 0.2) is 0 Å². The number of halogens is 1. The number of carbonyl (C=O) groups is 1. The highest BCUT2D eigenvalue weighted by Crippen LogP contribution is 2.26. The molecule has 0 bridgehead atoms. The molecule has 0 saturated carbocycles. The van der Waals surface area contributed by atoms with Crippen molar-refractivity contribution >= 4 is 17.5 Å². The molecule has 1 N–H and O–H groups in total. The lowest BCUT2D eigenvalue weighted by atomic mass is 10.0. The highest BCUT2D eigenvalue weighted by Gasteiger charge is 2.21. The van der Waals surface area contributed by atoms with E-state index in [1.165, 1.54) is 83.5 Å². The van der Waals surface area contributed by atoms with Crippen LogP contribution in [0.2, 0.25) is 5.02 Å². The third-order valence-electron chi connectivity index (χ3n) is 6.89. The molecule has 0 saturated heterocycles. The number of hydrogen-bond acceptors (Lipinski definition) is 3. The molecular formula is C31H49ClN2O2. The highest BCUT2D eigenvalue weighted by molar-refractivity contribution is 6.32. The largest absolute Gasteiger partial charge is 0.492 e. The molecule has 36 heavy (non-hydrogen) atoms. The van der Waals surface area contributed by atoms with Crippen LogP contribution in [0.3, 0.4) is 0 Å². The average molecular weight is 517 g/mol. The molecular weight excluding hydrogens is 468 g/mol. The summed E-state index contributed by atoms with van der Waals surface area (Å²) in [6.07, 6.45) is 26.6. The molecule has 0 fully saturated rings. The van der Waals surface area contributed by atoms with Crippen LogP contribution in [0.4, 0.5) is 0 Å². The van der Waals surface area contributed by atoms with Gasteiger partial charge in [-0.2, -0.15) is 0 Å². The van der Waals surface area contributed by atoms with Gasteiger partial charge in [-0.05, 0) is 37.1 Å². The summed E-state index contributed by atoms with van der Waals surface area (Å²) in [6, 6.07) is 5.51. The summed E-state index contributed by atoms with van der Waals surface area (Å²) in [6.45, 7) is 6.25. The maximum atomic E-state index is 12.6. The zero-order chi connectivity index (χ0) is 25.8. The third-order valence-corrected chi connectivity index (χ3v) is 7.19. The van der Waals surface area contributed by atoms with Crippen LogP contribution in [0.5, 0.6) is 5.75 Å². The van der Waals surface area contributed by atoms with Gasteiger partial charge in [0, 0.05) is 19.3 Å². The second kappa shape index (κ2) is 19.2. The first-order valence-electron chi connectivity index (χ1n) is 14.4. The number of unbranched alkanes of at least 4 members (excludes halogenated alkanes) is 13. The second-order valence-corrected chi connectivity index (χ2v) is 10.3. The van der Waals surface area contributed by atoms with E-state index in [1.54, 1.807) is 0 Å². The number of nitrogens with zero attached hydrogens (tertiary/aromatic N) is 1. The second-order valence-electron chi connectivity index (χ2n) is 9.93. The topological polar surface area (TPSA) is 41.6 Å². The van der Waals surface area contributed by atoms with E-state index in [1.807, 2.05) is 54.5 Å². The number of allylic oxidation sites excluding steroid dienone is 2. The lowest BCUT2D eigenvalue weighted by Gasteiger charge is -2.28. The van der Waals surface area contributed by atoms with Crippen molar-refractivity contribution in [1.29, 1.82) is 0 Å². The number of carbonyl (C=O) groups excluding carboxylic acids is 1. The maximum absolute atomic E-state index is 12.6. The van der Waals surface area contributed by atoms with Crippen molar-refractivity contribution in [3.63, 3.8) is 0 Å². The van der Waals surface area contributed by atoms with Gasteiger partial charge in [0.1, 0.15) is 11.8 Å². The number of nitrogens with one attached hydrogen (secondary N) is 1. The SMILES string of the molecule is CCCCCCCCCCCCCCCCOc1ccc(CNC(=O)C2C=CC=CN2CC)cc1Cl. The summed E-state index contributed by atoms with van der Waals surface area (Å²) < 4.78 is 5.91. The quantitative estimate of drug-likeness (QED) is 0.176. The van der Waals surface area contributed by atoms with E-state index >= 15 is 0 Å². The van der Waals surface area contributed by atoms with Gasteiger partial charge in [-0.1, -0.05) is 120 Å². The van der Waals surface area contributed by atoms with Gasteiger partial charge in [-0.15, -0.1) is 0 Å². The van der Waals surface area contributed by atoms with Crippen LogP contribution in [0.25, 0.3) is 0 Å². The normalized spacial score (nSPS) is 14.9. The van der Waals surface area contributed by atoms with Gasteiger partial charge in [0.05, 0.1) is 11.6 Å². The van der Waals surface area contributed by atoms with Crippen molar-refractivity contribution in [3.8, 4) is 5.75 Å². The van der Waals surface area contributed by atoms with Crippen LogP contribution in [-0.4, -0.2) is 30.0 Å². The molecule has 0 aromatic heterocycles. The first kappa shape index (κ1) is 30.3. The van der Waals surface area contributed by atoms with E-state index in [9.17, 15) is 4.79 Å². The van der Waals surface area contributed by atoms with Gasteiger partial charge < -0.3 is 15.0 Å². The van der Waals surface area contributed by atoms with Gasteiger partial charge in [0.2, 0.25) is 5.91 Å². The Kier molecular flexibility index (Phi) is 16.2. The van der Waals surface area contributed by atoms with Crippen LogP contribution in [-0.2, 0) is 11.3 Å². The van der Waals surface area contributed by atoms with E-state index in [4.69, 9.17) is 16.3 Å². The van der Waals surface area contributed by atoms with Crippen molar-refractivity contribution in [3.05, 3.63) is 53.2 Å². The van der Waals surface area contributed by atoms with Gasteiger partial charge >= 0.3 is 0 Å². The zero-order valence-electron chi connectivity index (χ0n) is 22.8. The molecule has 202 valence electrons. The third kappa shape index (κ3) is 12.3. The smallest absolute Gasteiger partial charge is 0.246 e. The number of ether oxygens (including phenoxy) is 1. The Morgan fingerprint density at radius 3 is 2.08 bits per heavy atom. The summed E-state index contributed by atoms with van der Waals surface area (Å²) >= 11 is 6.44. The summed E-state index contributed by atoms with van der Waals surface area (Å²) in [5, 5.41) is 3.61. The Morgan fingerprint density at radius 2 is 1.50 bits per heavy atom. The lowest BCUT2D eigenvalue weighted by Crippen LogP contribution is -2.43. The van der Waals surface area contributed by atoms with Gasteiger partial charge in [0.25, 0.3) is 0 Å². The number of likely N-dealkylation sites (N-methyl/N-ethyl adjacent to an activating group) is 1. The minimum Gasteiger partial charge on any atom is -0.492 e. The summed E-state index contributed by atoms with van der Waals surface area (Å²) in [5.74, 6) is 0.714. The minimum absolute atomic E-state index is 0.00768. The predicted octanol–water partition coefficient (Wildman–Crippen LogP) is 8.59. The fraction of sp³-hybridized carbons (Fsp3) is 0.645. The van der Waals surface area contributed by atoms with E-state index in [0.717, 1.165) is 24.3 Å². The van der Waals surface area contributed by atoms with Crippen molar-refractivity contribution in [1.82, 2.24) is 10.2 Å². The first-order valence-corrected chi connectivity index (χ1v) is 14.8. The summed E-state index contributed by atoms with van der Waals surface area (Å²) in [4.78, 5) is 14.6. The number of amides is 1. The predicted molar refractivity (Wildman–Crippen MR) is 154 cm³/mol. The number of rotatable bonds is 20. The molecule has 1 aromatic carbocycles. The average Bonchev–Trinajstić information content (AvgIpc) is 2.90. The van der Waals surface area contributed by atoms with E-state index in [0.29, 0.717) is 18.2 Å². The van der Waals surface area contributed by atoms with Gasteiger partial charge in [-0.25, -0.2) is 0 Å². The molecule has 1 aliphatic heterocycles. The Morgan fingerprint density at radius 1 is 0.889 bits per heavy atom. The first-order chi connectivity index (χ1) is 17.7. The molecule has 1 unspecified atom stereocenters. The molecule has 4 nitrogen and oxygen atoms in total. The van der Waals surface area contributed by atoms with Crippen molar-refractivity contribution < 1.29 is 9.53 Å². The Hall–Kier alpha value is -1.94. The Bertz CT molecular complexity index is 793. The number of hydrogen-bond donors (Lipinski definition) is 1. The molecule has 1 amide bonds. The van der Waals surface area contributed by atoms with E-state index in [-0.39, 0.29) is 11.9 Å². The lowest BCUT2D eigenvalue weighted by molar-refractivity contribution is -0.124. The van der Waals surface area contributed by atoms with Gasteiger partial charge in [-0.3, -0.25) is 4.79 Å². The molecule has 1 aromatic rings. The molecule has 1 atom stereocenters. The summed E-state index contributed by atoms with van der Waals surface area (Å²) in [5.41, 5.74) is 0.968. The van der Waals surface area contributed by atoms with Crippen LogP contribution >= 0.6 is 11.6 Å². The maximum Gasteiger partial charge on any atom is 0.246 e. The zero-order valence-corrected chi connectivity index (χ0v) is 23.5. The molecule has 1 aliphatic rings.